The number of hydrogen-bond acceptors (Lipinski definition) is 3. The molecular weight excluding hydrogens is 375 g/mol. The zero-order valence-corrected chi connectivity index (χ0v) is 15.2. The number of benzene rings is 2. The molecule has 0 saturated carbocycles. The van der Waals surface area contributed by atoms with E-state index in [1.165, 1.54) is 6.08 Å². The number of carboxylic acids is 1. The van der Waals surface area contributed by atoms with Crippen molar-refractivity contribution in [1.29, 1.82) is 0 Å². The Hall–Kier alpha value is -2.76. The molecule has 132 valence electrons. The van der Waals surface area contributed by atoms with Crippen LogP contribution in [0.3, 0.4) is 0 Å². The first kappa shape index (κ1) is 18.0. The van der Waals surface area contributed by atoms with Crippen molar-refractivity contribution in [2.75, 3.05) is 7.11 Å². The zero-order chi connectivity index (χ0) is 18.7. The van der Waals surface area contributed by atoms with Gasteiger partial charge in [-0.2, -0.15) is 5.10 Å². The van der Waals surface area contributed by atoms with Gasteiger partial charge in [-0.05, 0) is 42.5 Å². The quantitative estimate of drug-likeness (QED) is 0.627. The molecule has 0 bridgehead atoms. The van der Waals surface area contributed by atoms with E-state index in [9.17, 15) is 4.79 Å². The van der Waals surface area contributed by atoms with Crippen molar-refractivity contribution in [1.82, 2.24) is 9.78 Å². The maximum Gasteiger partial charge on any atom is 0.328 e. The maximum absolute atomic E-state index is 10.9. The van der Waals surface area contributed by atoms with Gasteiger partial charge >= 0.3 is 5.97 Å². The molecule has 1 aromatic heterocycles. The summed E-state index contributed by atoms with van der Waals surface area (Å²) in [5.74, 6) is -0.307. The van der Waals surface area contributed by atoms with Gasteiger partial charge in [-0.1, -0.05) is 29.3 Å². The Morgan fingerprint density at radius 2 is 1.88 bits per heavy atom. The molecule has 7 heteroatoms. The van der Waals surface area contributed by atoms with Crippen LogP contribution in [0.2, 0.25) is 10.0 Å². The third kappa shape index (κ3) is 3.90. The first-order valence-electron chi connectivity index (χ1n) is 7.58. The van der Waals surface area contributed by atoms with Crippen LogP contribution in [0.1, 0.15) is 5.56 Å². The van der Waals surface area contributed by atoms with Gasteiger partial charge in [-0.25, -0.2) is 9.48 Å². The van der Waals surface area contributed by atoms with Gasteiger partial charge in [0.1, 0.15) is 11.4 Å². The molecule has 5 nitrogen and oxygen atoms in total. The van der Waals surface area contributed by atoms with Crippen LogP contribution in [0.5, 0.6) is 5.75 Å². The largest absolute Gasteiger partial charge is 0.497 e. The van der Waals surface area contributed by atoms with Gasteiger partial charge in [0.15, 0.2) is 0 Å². The third-order valence-corrected chi connectivity index (χ3v) is 4.42. The Morgan fingerprint density at radius 1 is 1.15 bits per heavy atom. The lowest BCUT2D eigenvalue weighted by Crippen LogP contribution is -1.95. The van der Waals surface area contributed by atoms with E-state index in [2.05, 4.69) is 5.10 Å². The number of methoxy groups -OCH3 is 1. The van der Waals surface area contributed by atoms with E-state index in [-0.39, 0.29) is 0 Å². The summed E-state index contributed by atoms with van der Waals surface area (Å²) in [6.45, 7) is 0. The summed E-state index contributed by atoms with van der Waals surface area (Å²) in [5.41, 5.74) is 2.78. The van der Waals surface area contributed by atoms with Crippen molar-refractivity contribution >= 4 is 35.2 Å². The van der Waals surface area contributed by atoms with Crippen LogP contribution in [-0.4, -0.2) is 28.0 Å². The first-order valence-corrected chi connectivity index (χ1v) is 8.34. The van der Waals surface area contributed by atoms with Gasteiger partial charge in [-0.3, -0.25) is 0 Å². The van der Waals surface area contributed by atoms with Crippen LogP contribution in [-0.2, 0) is 4.79 Å². The van der Waals surface area contributed by atoms with E-state index in [0.29, 0.717) is 21.3 Å². The van der Waals surface area contributed by atoms with Gasteiger partial charge in [0.2, 0.25) is 0 Å². The van der Waals surface area contributed by atoms with Gasteiger partial charge in [0, 0.05) is 23.4 Å². The van der Waals surface area contributed by atoms with E-state index in [1.54, 1.807) is 36.2 Å². The average Bonchev–Trinajstić information content (AvgIpc) is 3.06. The Morgan fingerprint density at radius 3 is 2.50 bits per heavy atom. The second-order valence-corrected chi connectivity index (χ2v) is 6.19. The van der Waals surface area contributed by atoms with Crippen LogP contribution in [0, 0.1) is 0 Å². The summed E-state index contributed by atoms with van der Waals surface area (Å²) >= 11 is 12.1. The topological polar surface area (TPSA) is 64.3 Å². The number of rotatable bonds is 5. The fraction of sp³-hybridized carbons (Fsp3) is 0.0526. The minimum atomic E-state index is -1.04. The number of ether oxygens (including phenoxy) is 1. The lowest BCUT2D eigenvalue weighted by Gasteiger charge is -2.04. The number of carbonyl (C=O) groups is 1. The van der Waals surface area contributed by atoms with Crippen LogP contribution in [0.25, 0.3) is 23.0 Å². The minimum absolute atomic E-state index is 0.399. The summed E-state index contributed by atoms with van der Waals surface area (Å²) in [5, 5.41) is 14.4. The Kier molecular flexibility index (Phi) is 5.30. The van der Waals surface area contributed by atoms with E-state index >= 15 is 0 Å². The highest BCUT2D eigenvalue weighted by Crippen LogP contribution is 2.31. The molecular formula is C19H14Cl2N2O3. The summed E-state index contributed by atoms with van der Waals surface area (Å²) in [6.07, 6.45) is 4.31. The molecule has 2 aromatic carbocycles. The van der Waals surface area contributed by atoms with Crippen LogP contribution in [0.15, 0.2) is 54.7 Å². The second-order valence-electron chi connectivity index (χ2n) is 5.38. The molecule has 3 aromatic rings. The number of aromatic nitrogens is 2. The Labute approximate surface area is 160 Å². The zero-order valence-electron chi connectivity index (χ0n) is 13.7. The summed E-state index contributed by atoms with van der Waals surface area (Å²) in [4.78, 5) is 10.9. The summed E-state index contributed by atoms with van der Waals surface area (Å²) in [6, 6.07) is 12.5. The van der Waals surface area contributed by atoms with Gasteiger partial charge in [0.05, 0.1) is 22.8 Å². The minimum Gasteiger partial charge on any atom is -0.497 e. The molecule has 0 fully saturated rings. The number of nitrogens with zero attached hydrogens (tertiary/aromatic N) is 2. The lowest BCUT2D eigenvalue weighted by atomic mass is 10.1. The van der Waals surface area contributed by atoms with Crippen molar-refractivity contribution in [3.63, 3.8) is 0 Å². The summed E-state index contributed by atoms with van der Waals surface area (Å²) in [7, 11) is 1.60. The fourth-order valence-electron chi connectivity index (χ4n) is 2.41. The normalized spacial score (nSPS) is 11.0. The highest BCUT2D eigenvalue weighted by molar-refractivity contribution is 6.42. The number of carboxylic acid groups (broad SMARTS) is 1. The molecule has 0 atom stereocenters. The van der Waals surface area contributed by atoms with Crippen molar-refractivity contribution in [2.45, 2.75) is 0 Å². The van der Waals surface area contributed by atoms with Crippen LogP contribution in [0.4, 0.5) is 0 Å². The maximum atomic E-state index is 10.9. The fourth-order valence-corrected chi connectivity index (χ4v) is 2.70. The molecule has 0 amide bonds. The molecule has 1 heterocycles. The molecule has 0 radical (unpaired) electrons. The number of halogens is 2. The Balaban J connectivity index is 2.10. The van der Waals surface area contributed by atoms with Crippen molar-refractivity contribution in [3.8, 4) is 22.7 Å². The second kappa shape index (κ2) is 7.64. The predicted molar refractivity (Wildman–Crippen MR) is 102 cm³/mol. The molecule has 0 spiro atoms. The van der Waals surface area contributed by atoms with Crippen molar-refractivity contribution in [2.24, 2.45) is 0 Å². The molecule has 0 saturated heterocycles. The van der Waals surface area contributed by atoms with E-state index in [0.717, 1.165) is 23.1 Å². The van der Waals surface area contributed by atoms with E-state index in [1.807, 2.05) is 24.3 Å². The molecule has 26 heavy (non-hydrogen) atoms. The van der Waals surface area contributed by atoms with Crippen molar-refractivity contribution < 1.29 is 14.6 Å². The van der Waals surface area contributed by atoms with Gasteiger partial charge < -0.3 is 9.84 Å². The molecule has 0 unspecified atom stereocenters. The standard InChI is InChI=1S/C19H14Cl2N2O3/c1-26-15-6-4-14(5-7-15)23-11-13(3-9-18(24)25)19(22-23)12-2-8-16(20)17(21)10-12/h2-11H,1H3,(H,24,25)/b9-3+. The van der Waals surface area contributed by atoms with Crippen LogP contribution < -0.4 is 4.74 Å². The highest BCUT2D eigenvalue weighted by atomic mass is 35.5. The van der Waals surface area contributed by atoms with Crippen LogP contribution >= 0.6 is 23.2 Å². The SMILES string of the molecule is COc1ccc(-n2cc(/C=C/C(=O)O)c(-c3ccc(Cl)c(Cl)c3)n2)cc1. The van der Waals surface area contributed by atoms with Gasteiger partial charge in [-0.15, -0.1) is 0 Å². The molecule has 3 rings (SSSR count). The molecule has 0 aliphatic rings. The third-order valence-electron chi connectivity index (χ3n) is 3.68. The van der Waals surface area contributed by atoms with Crippen molar-refractivity contribution in [3.05, 3.63) is 70.3 Å². The highest BCUT2D eigenvalue weighted by Gasteiger charge is 2.12. The first-order chi connectivity index (χ1) is 12.5. The molecule has 0 aliphatic heterocycles. The van der Waals surface area contributed by atoms with E-state index in [4.69, 9.17) is 33.0 Å². The number of hydrogen-bond donors (Lipinski definition) is 1. The number of aliphatic carboxylic acids is 1. The molecule has 1 N–H and O–H groups in total. The summed E-state index contributed by atoms with van der Waals surface area (Å²) < 4.78 is 6.82. The lowest BCUT2D eigenvalue weighted by molar-refractivity contribution is -0.131. The Bertz CT molecular complexity index is 979. The molecule has 0 aliphatic carbocycles. The van der Waals surface area contributed by atoms with E-state index < -0.39 is 5.97 Å². The monoisotopic (exact) mass is 388 g/mol. The predicted octanol–water partition coefficient (Wildman–Crippen LogP) is 4.95. The average molecular weight is 389 g/mol. The smallest absolute Gasteiger partial charge is 0.328 e. The van der Waals surface area contributed by atoms with Gasteiger partial charge in [0.25, 0.3) is 0 Å².